The SMILES string of the molecule is O=C1C2C3C=CC(C3)C2C(=O)N1c1cc(Cl)c(Cl)cc1Cl. The number of hydrogen-bond donors (Lipinski definition) is 0. The van der Waals surface area contributed by atoms with Crippen molar-refractivity contribution in [2.45, 2.75) is 6.42 Å². The normalized spacial score (nSPS) is 33.2. The molecule has 1 aromatic rings. The average molecular weight is 343 g/mol. The number of anilines is 1. The predicted octanol–water partition coefficient (Wildman–Crippen LogP) is 3.96. The Morgan fingerprint density at radius 1 is 0.857 bits per heavy atom. The predicted molar refractivity (Wildman–Crippen MR) is 81.7 cm³/mol. The number of benzene rings is 1. The molecule has 2 bridgehead atoms. The molecule has 108 valence electrons. The van der Waals surface area contributed by atoms with Gasteiger partial charge < -0.3 is 0 Å². The van der Waals surface area contributed by atoms with Crippen LogP contribution in [-0.4, -0.2) is 11.8 Å². The number of rotatable bonds is 1. The summed E-state index contributed by atoms with van der Waals surface area (Å²) < 4.78 is 0. The third-order valence-electron chi connectivity index (χ3n) is 4.70. The summed E-state index contributed by atoms with van der Waals surface area (Å²) in [7, 11) is 0. The second-order valence-corrected chi connectivity index (χ2v) is 6.95. The Morgan fingerprint density at radius 2 is 1.38 bits per heavy atom. The lowest BCUT2D eigenvalue weighted by molar-refractivity contribution is -0.123. The summed E-state index contributed by atoms with van der Waals surface area (Å²) in [6.45, 7) is 0. The van der Waals surface area contributed by atoms with Crippen LogP contribution < -0.4 is 4.90 Å². The van der Waals surface area contributed by atoms with Gasteiger partial charge in [-0.1, -0.05) is 47.0 Å². The van der Waals surface area contributed by atoms with Crippen LogP contribution in [0.1, 0.15) is 6.42 Å². The average Bonchev–Trinajstić information content (AvgIpc) is 3.09. The number of halogens is 3. The zero-order chi connectivity index (χ0) is 14.9. The van der Waals surface area contributed by atoms with Gasteiger partial charge in [0.05, 0.1) is 32.6 Å². The minimum atomic E-state index is -0.252. The molecular formula is C15H10Cl3NO2. The van der Waals surface area contributed by atoms with Gasteiger partial charge in [-0.05, 0) is 30.4 Å². The monoisotopic (exact) mass is 341 g/mol. The first kappa shape index (κ1) is 13.6. The minimum absolute atomic E-state index is 0.169. The lowest BCUT2D eigenvalue weighted by Crippen LogP contribution is -2.33. The third kappa shape index (κ3) is 1.74. The van der Waals surface area contributed by atoms with Crippen molar-refractivity contribution >= 4 is 52.3 Å². The van der Waals surface area contributed by atoms with Gasteiger partial charge in [0.2, 0.25) is 11.8 Å². The maximum absolute atomic E-state index is 12.7. The number of allylic oxidation sites excluding steroid dienone is 2. The number of imide groups is 1. The molecule has 3 nitrogen and oxygen atoms in total. The minimum Gasteiger partial charge on any atom is -0.274 e. The van der Waals surface area contributed by atoms with Gasteiger partial charge in [-0.2, -0.15) is 0 Å². The highest BCUT2D eigenvalue weighted by Gasteiger charge is 2.59. The van der Waals surface area contributed by atoms with Gasteiger partial charge in [0, 0.05) is 0 Å². The Labute approximate surface area is 136 Å². The Balaban J connectivity index is 1.80. The summed E-state index contributed by atoms with van der Waals surface area (Å²) in [5.41, 5.74) is 0.329. The quantitative estimate of drug-likeness (QED) is 0.440. The number of fused-ring (bicyclic) bond motifs is 5. The van der Waals surface area contributed by atoms with E-state index >= 15 is 0 Å². The largest absolute Gasteiger partial charge is 0.274 e. The highest BCUT2D eigenvalue weighted by Crippen LogP contribution is 2.54. The standard InChI is InChI=1S/C15H10Cl3NO2/c16-8-4-10(18)11(5-9(8)17)19-14(20)12-6-1-2-7(3-6)13(12)15(19)21/h1-2,4-7,12-13H,3H2. The van der Waals surface area contributed by atoms with Crippen LogP contribution in [0.15, 0.2) is 24.3 Å². The van der Waals surface area contributed by atoms with E-state index < -0.39 is 0 Å². The third-order valence-corrected chi connectivity index (χ3v) is 5.73. The maximum Gasteiger partial charge on any atom is 0.238 e. The molecule has 1 saturated carbocycles. The number of nitrogens with zero attached hydrogens (tertiary/aromatic N) is 1. The molecule has 0 radical (unpaired) electrons. The highest BCUT2D eigenvalue weighted by atomic mass is 35.5. The molecule has 1 aromatic carbocycles. The van der Waals surface area contributed by atoms with Crippen LogP contribution in [0.3, 0.4) is 0 Å². The fourth-order valence-electron chi connectivity index (χ4n) is 3.82. The summed E-state index contributed by atoms with van der Waals surface area (Å²) >= 11 is 18.1. The van der Waals surface area contributed by atoms with E-state index in [1.807, 2.05) is 0 Å². The fourth-order valence-corrected chi connectivity index (χ4v) is 4.45. The van der Waals surface area contributed by atoms with Crippen molar-refractivity contribution in [3.8, 4) is 0 Å². The first-order valence-electron chi connectivity index (χ1n) is 6.69. The Kier molecular flexibility index (Phi) is 2.91. The van der Waals surface area contributed by atoms with Gasteiger partial charge in [-0.15, -0.1) is 0 Å². The number of amides is 2. The fraction of sp³-hybridized carbons (Fsp3) is 0.333. The molecule has 1 saturated heterocycles. The van der Waals surface area contributed by atoms with Crippen LogP contribution in [0.25, 0.3) is 0 Å². The van der Waals surface area contributed by atoms with Crippen molar-refractivity contribution < 1.29 is 9.59 Å². The van der Waals surface area contributed by atoms with E-state index in [9.17, 15) is 9.59 Å². The molecular weight excluding hydrogens is 333 g/mol. The van der Waals surface area contributed by atoms with Crippen LogP contribution >= 0.6 is 34.8 Å². The van der Waals surface area contributed by atoms with Gasteiger partial charge in [-0.25, -0.2) is 4.90 Å². The van der Waals surface area contributed by atoms with E-state index in [0.717, 1.165) is 6.42 Å². The van der Waals surface area contributed by atoms with E-state index in [0.29, 0.717) is 10.7 Å². The van der Waals surface area contributed by atoms with E-state index in [4.69, 9.17) is 34.8 Å². The smallest absolute Gasteiger partial charge is 0.238 e. The zero-order valence-corrected chi connectivity index (χ0v) is 13.0. The Morgan fingerprint density at radius 3 is 1.95 bits per heavy atom. The maximum atomic E-state index is 12.7. The molecule has 6 heteroatoms. The van der Waals surface area contributed by atoms with Crippen molar-refractivity contribution in [3.63, 3.8) is 0 Å². The molecule has 2 aliphatic carbocycles. The second-order valence-electron chi connectivity index (χ2n) is 5.73. The zero-order valence-electron chi connectivity index (χ0n) is 10.7. The molecule has 2 amide bonds. The van der Waals surface area contributed by atoms with E-state index in [-0.39, 0.29) is 45.5 Å². The van der Waals surface area contributed by atoms with Crippen molar-refractivity contribution in [2.75, 3.05) is 4.90 Å². The highest BCUT2D eigenvalue weighted by molar-refractivity contribution is 6.44. The summed E-state index contributed by atoms with van der Waals surface area (Å²) in [5, 5.41) is 0.827. The van der Waals surface area contributed by atoms with Crippen LogP contribution in [0, 0.1) is 23.7 Å². The first-order valence-corrected chi connectivity index (χ1v) is 7.83. The molecule has 21 heavy (non-hydrogen) atoms. The lowest BCUT2D eigenvalue weighted by atomic mass is 9.85. The van der Waals surface area contributed by atoms with Gasteiger partial charge in [-0.3, -0.25) is 9.59 Å². The molecule has 1 heterocycles. The molecule has 1 aliphatic heterocycles. The van der Waals surface area contributed by atoms with Crippen molar-refractivity contribution in [2.24, 2.45) is 23.7 Å². The summed E-state index contributed by atoms with van der Waals surface area (Å²) in [4.78, 5) is 26.5. The van der Waals surface area contributed by atoms with Crippen molar-refractivity contribution in [3.05, 3.63) is 39.4 Å². The molecule has 3 aliphatic rings. The van der Waals surface area contributed by atoms with E-state index in [1.54, 1.807) is 0 Å². The second kappa shape index (κ2) is 4.48. The molecule has 0 N–H and O–H groups in total. The van der Waals surface area contributed by atoms with Crippen LogP contribution in [0.4, 0.5) is 5.69 Å². The number of hydrogen-bond acceptors (Lipinski definition) is 2. The van der Waals surface area contributed by atoms with E-state index in [1.165, 1.54) is 17.0 Å². The molecule has 4 unspecified atom stereocenters. The van der Waals surface area contributed by atoms with E-state index in [2.05, 4.69) is 12.2 Å². The summed E-state index contributed by atoms with van der Waals surface area (Å²) in [5.74, 6) is -0.522. The molecule has 0 aromatic heterocycles. The Bertz CT molecular complexity index is 685. The number of carbonyl (C=O) groups is 2. The molecule has 2 fully saturated rings. The van der Waals surface area contributed by atoms with Gasteiger partial charge in [0.15, 0.2) is 0 Å². The van der Waals surface area contributed by atoms with Crippen LogP contribution in [-0.2, 0) is 9.59 Å². The van der Waals surface area contributed by atoms with Gasteiger partial charge in [0.1, 0.15) is 0 Å². The van der Waals surface area contributed by atoms with Crippen LogP contribution in [0.5, 0.6) is 0 Å². The summed E-state index contributed by atoms with van der Waals surface area (Å²) in [6.07, 6.45) is 5.00. The summed E-state index contributed by atoms with van der Waals surface area (Å²) in [6, 6.07) is 2.95. The first-order chi connectivity index (χ1) is 9.99. The van der Waals surface area contributed by atoms with Gasteiger partial charge in [0.25, 0.3) is 0 Å². The van der Waals surface area contributed by atoms with Gasteiger partial charge >= 0.3 is 0 Å². The lowest BCUT2D eigenvalue weighted by Gasteiger charge is -2.19. The molecule has 4 atom stereocenters. The van der Waals surface area contributed by atoms with Crippen molar-refractivity contribution in [1.29, 1.82) is 0 Å². The molecule has 4 rings (SSSR count). The van der Waals surface area contributed by atoms with Crippen LogP contribution in [0.2, 0.25) is 15.1 Å². The van der Waals surface area contributed by atoms with Crippen molar-refractivity contribution in [1.82, 2.24) is 0 Å². The topological polar surface area (TPSA) is 37.4 Å². The molecule has 0 spiro atoms. The Hall–Kier alpha value is -1.03. The number of carbonyl (C=O) groups excluding carboxylic acids is 2.